The predicted octanol–water partition coefficient (Wildman–Crippen LogP) is 2.48. The monoisotopic (exact) mass is 181 g/mol. The lowest BCUT2D eigenvalue weighted by Crippen LogP contribution is -2.34. The summed E-state index contributed by atoms with van der Waals surface area (Å²) in [6.45, 7) is 6.29. The summed E-state index contributed by atoms with van der Waals surface area (Å²) in [4.78, 5) is 0. The number of aliphatic hydroxyl groups is 1. The van der Waals surface area contributed by atoms with Gasteiger partial charge < -0.3 is 5.11 Å². The molecule has 1 rings (SSSR count). The molecular weight excluding hydrogens is 162 g/mol. The number of hydrogen-bond acceptors (Lipinski definition) is 2. The molecule has 0 aromatic heterocycles. The molecule has 1 fully saturated rings. The normalized spacial score (nSPS) is 34.1. The number of hydrogen-bond donors (Lipinski definition) is 1. The highest BCUT2D eigenvalue weighted by Gasteiger charge is 2.46. The van der Waals surface area contributed by atoms with Crippen molar-refractivity contribution in [2.24, 2.45) is 11.3 Å². The van der Waals surface area contributed by atoms with E-state index in [4.69, 9.17) is 5.26 Å². The summed E-state index contributed by atoms with van der Waals surface area (Å²) in [5.41, 5.74) is -0.508. The van der Waals surface area contributed by atoms with Crippen LogP contribution in [0.3, 0.4) is 0 Å². The lowest BCUT2D eigenvalue weighted by atomic mass is 9.81. The number of nitriles is 1. The summed E-state index contributed by atoms with van der Waals surface area (Å²) < 4.78 is 0. The molecule has 1 N–H and O–H groups in total. The van der Waals surface area contributed by atoms with Gasteiger partial charge in [0.2, 0.25) is 0 Å². The summed E-state index contributed by atoms with van der Waals surface area (Å²) in [6.07, 6.45) is 3.34. The molecule has 0 aliphatic heterocycles. The minimum Gasteiger partial charge on any atom is -0.389 e. The minimum absolute atomic E-state index is 0.186. The maximum absolute atomic E-state index is 10.3. The smallest absolute Gasteiger partial charge is 0.0810 e. The molecule has 1 aliphatic carbocycles. The van der Waals surface area contributed by atoms with Crippen molar-refractivity contribution in [3.05, 3.63) is 0 Å². The molecule has 2 heteroatoms. The highest BCUT2D eigenvalue weighted by molar-refractivity contribution is 5.04. The molecule has 13 heavy (non-hydrogen) atoms. The van der Waals surface area contributed by atoms with Crippen LogP contribution in [0.5, 0.6) is 0 Å². The lowest BCUT2D eigenvalue weighted by molar-refractivity contribution is -0.00105. The zero-order valence-electron chi connectivity index (χ0n) is 8.80. The van der Waals surface area contributed by atoms with Crippen molar-refractivity contribution in [3.63, 3.8) is 0 Å². The molecule has 1 saturated carbocycles. The van der Waals surface area contributed by atoms with E-state index in [-0.39, 0.29) is 11.3 Å². The Bertz CT molecular complexity index is 229. The highest BCUT2D eigenvalue weighted by atomic mass is 16.3. The van der Waals surface area contributed by atoms with Crippen LogP contribution in [0.15, 0.2) is 0 Å². The summed E-state index contributed by atoms with van der Waals surface area (Å²) in [7, 11) is 0. The molecular formula is C11H19NO. The Hall–Kier alpha value is -0.550. The number of nitrogens with zero attached hydrogens (tertiary/aromatic N) is 1. The quantitative estimate of drug-likeness (QED) is 0.711. The van der Waals surface area contributed by atoms with Crippen molar-refractivity contribution in [2.75, 3.05) is 0 Å². The van der Waals surface area contributed by atoms with E-state index in [0.717, 1.165) is 25.7 Å². The molecule has 2 unspecified atom stereocenters. The minimum atomic E-state index is -0.715. The van der Waals surface area contributed by atoms with Crippen molar-refractivity contribution >= 4 is 0 Å². The fraction of sp³-hybridized carbons (Fsp3) is 0.909. The van der Waals surface area contributed by atoms with Crippen LogP contribution in [0.2, 0.25) is 0 Å². The second-order valence-electron chi connectivity index (χ2n) is 5.03. The molecule has 0 saturated heterocycles. The van der Waals surface area contributed by atoms with E-state index in [0.29, 0.717) is 0 Å². The summed E-state index contributed by atoms with van der Waals surface area (Å²) >= 11 is 0. The van der Waals surface area contributed by atoms with Crippen molar-refractivity contribution in [1.82, 2.24) is 0 Å². The second kappa shape index (κ2) is 3.31. The molecule has 0 aromatic rings. The molecule has 0 radical (unpaired) electrons. The Kier molecular flexibility index (Phi) is 2.68. The lowest BCUT2D eigenvalue weighted by Gasteiger charge is -2.28. The van der Waals surface area contributed by atoms with Crippen molar-refractivity contribution in [3.8, 4) is 6.07 Å². The predicted molar refractivity (Wildman–Crippen MR) is 52.0 cm³/mol. The topological polar surface area (TPSA) is 44.0 Å². The molecule has 0 spiro atoms. The fourth-order valence-corrected chi connectivity index (χ4v) is 2.45. The van der Waals surface area contributed by atoms with Crippen LogP contribution in [0.25, 0.3) is 0 Å². The molecule has 2 nitrogen and oxygen atoms in total. The molecule has 0 bridgehead atoms. The maximum Gasteiger partial charge on any atom is 0.0810 e. The molecule has 1 aliphatic rings. The largest absolute Gasteiger partial charge is 0.389 e. The Morgan fingerprint density at radius 3 is 2.38 bits per heavy atom. The van der Waals surface area contributed by atoms with Crippen LogP contribution in [-0.4, -0.2) is 10.7 Å². The van der Waals surface area contributed by atoms with Gasteiger partial charge in [0, 0.05) is 0 Å². The van der Waals surface area contributed by atoms with Crippen LogP contribution in [0.4, 0.5) is 0 Å². The van der Waals surface area contributed by atoms with Crippen molar-refractivity contribution < 1.29 is 5.11 Å². The first-order chi connectivity index (χ1) is 5.93. The third-order valence-electron chi connectivity index (χ3n) is 3.23. The fourth-order valence-electron chi connectivity index (χ4n) is 2.45. The Balaban J connectivity index is 2.75. The van der Waals surface area contributed by atoms with Crippen LogP contribution < -0.4 is 0 Å². The SMILES string of the molecule is CCC(C#N)C1(O)CCC(C)(C)C1. The van der Waals surface area contributed by atoms with Crippen molar-refractivity contribution in [1.29, 1.82) is 5.26 Å². The van der Waals surface area contributed by atoms with Gasteiger partial charge in [-0.2, -0.15) is 5.26 Å². The molecule has 2 atom stereocenters. The molecule has 0 amide bonds. The Morgan fingerprint density at radius 2 is 2.08 bits per heavy atom. The van der Waals surface area contributed by atoms with Gasteiger partial charge in [-0.25, -0.2) is 0 Å². The summed E-state index contributed by atoms with van der Waals surface area (Å²) in [6, 6.07) is 2.22. The first kappa shape index (κ1) is 10.5. The second-order valence-corrected chi connectivity index (χ2v) is 5.03. The van der Waals surface area contributed by atoms with E-state index >= 15 is 0 Å². The van der Waals surface area contributed by atoms with Crippen LogP contribution in [0, 0.1) is 22.7 Å². The van der Waals surface area contributed by atoms with E-state index in [1.165, 1.54) is 0 Å². The van der Waals surface area contributed by atoms with E-state index < -0.39 is 5.60 Å². The van der Waals surface area contributed by atoms with Gasteiger partial charge in [-0.15, -0.1) is 0 Å². The molecule has 0 heterocycles. The highest BCUT2D eigenvalue weighted by Crippen LogP contribution is 2.47. The molecule has 0 aromatic carbocycles. The Labute approximate surface area is 80.6 Å². The van der Waals surface area contributed by atoms with E-state index in [9.17, 15) is 5.11 Å². The van der Waals surface area contributed by atoms with Gasteiger partial charge in [-0.3, -0.25) is 0 Å². The van der Waals surface area contributed by atoms with Gasteiger partial charge in [0.15, 0.2) is 0 Å². The van der Waals surface area contributed by atoms with Gasteiger partial charge in [0.05, 0.1) is 17.6 Å². The van der Waals surface area contributed by atoms with Gasteiger partial charge in [-0.1, -0.05) is 20.8 Å². The van der Waals surface area contributed by atoms with Crippen LogP contribution >= 0.6 is 0 Å². The third-order valence-corrected chi connectivity index (χ3v) is 3.23. The maximum atomic E-state index is 10.3. The average molecular weight is 181 g/mol. The molecule has 74 valence electrons. The first-order valence-electron chi connectivity index (χ1n) is 5.05. The third kappa shape index (κ3) is 2.03. The zero-order chi connectivity index (χ0) is 10.1. The van der Waals surface area contributed by atoms with Crippen LogP contribution in [0.1, 0.15) is 46.5 Å². The van der Waals surface area contributed by atoms with Crippen LogP contribution in [-0.2, 0) is 0 Å². The van der Waals surface area contributed by atoms with Gasteiger partial charge in [0.1, 0.15) is 0 Å². The number of rotatable bonds is 2. The van der Waals surface area contributed by atoms with Gasteiger partial charge >= 0.3 is 0 Å². The average Bonchev–Trinajstić information content (AvgIpc) is 2.29. The van der Waals surface area contributed by atoms with Gasteiger partial charge in [0.25, 0.3) is 0 Å². The van der Waals surface area contributed by atoms with E-state index in [1.54, 1.807) is 0 Å². The van der Waals surface area contributed by atoms with Crippen molar-refractivity contribution in [2.45, 2.75) is 52.1 Å². The standard InChI is InChI=1S/C11H19NO/c1-4-9(7-12)11(13)6-5-10(2,3)8-11/h9,13H,4-6,8H2,1-3H3. The summed E-state index contributed by atoms with van der Waals surface area (Å²) in [5, 5.41) is 19.2. The first-order valence-corrected chi connectivity index (χ1v) is 5.05. The van der Waals surface area contributed by atoms with Gasteiger partial charge in [-0.05, 0) is 31.1 Å². The van der Waals surface area contributed by atoms with E-state index in [2.05, 4.69) is 19.9 Å². The zero-order valence-corrected chi connectivity index (χ0v) is 8.80. The summed E-state index contributed by atoms with van der Waals surface area (Å²) in [5.74, 6) is -0.186. The van der Waals surface area contributed by atoms with E-state index in [1.807, 2.05) is 6.92 Å². The Morgan fingerprint density at radius 1 is 1.46 bits per heavy atom.